The molecule has 1 aromatic heterocycles. The largest absolute Gasteiger partial charge is 0.394 e. The van der Waals surface area contributed by atoms with Crippen molar-refractivity contribution in [2.75, 3.05) is 12.4 Å². The summed E-state index contributed by atoms with van der Waals surface area (Å²) in [6.45, 7) is 7.25. The predicted molar refractivity (Wildman–Crippen MR) is 117 cm³/mol. The van der Waals surface area contributed by atoms with E-state index in [1.807, 2.05) is 27.7 Å². The molecule has 2 fully saturated rings. The van der Waals surface area contributed by atoms with Gasteiger partial charge in [-0.15, -0.1) is 11.8 Å². The average molecular weight is 473 g/mol. The number of aromatic nitrogens is 2. The highest BCUT2D eigenvalue weighted by Crippen LogP contribution is 2.36. The number of aromatic amines is 1. The summed E-state index contributed by atoms with van der Waals surface area (Å²) >= 11 is 0.990. The fourth-order valence-electron chi connectivity index (χ4n) is 4.62. The fourth-order valence-corrected chi connectivity index (χ4v) is 5.36. The number of aliphatic hydroxyl groups excluding tert-OH is 2. The van der Waals surface area contributed by atoms with Crippen LogP contribution in [0.4, 0.5) is 0 Å². The molecule has 5 N–H and O–H groups in total. The molecule has 0 spiro atoms. The summed E-state index contributed by atoms with van der Waals surface area (Å²) in [6, 6.07) is -0.132. The molecule has 180 valence electrons. The van der Waals surface area contributed by atoms with Gasteiger partial charge in [-0.25, -0.2) is 4.79 Å². The molecule has 12 heteroatoms. The number of rotatable bonds is 6. The van der Waals surface area contributed by atoms with Crippen LogP contribution in [0.5, 0.6) is 0 Å². The van der Waals surface area contributed by atoms with Crippen molar-refractivity contribution in [1.29, 1.82) is 0 Å². The van der Waals surface area contributed by atoms with E-state index in [4.69, 9.17) is 4.74 Å². The minimum Gasteiger partial charge on any atom is -0.394 e. The van der Waals surface area contributed by atoms with Crippen LogP contribution in [0.1, 0.15) is 53.2 Å². The van der Waals surface area contributed by atoms with Crippen LogP contribution >= 0.6 is 11.8 Å². The molecule has 32 heavy (non-hydrogen) atoms. The topological polar surface area (TPSA) is 157 Å². The number of hydrogen-bond acceptors (Lipinski definition) is 9. The van der Waals surface area contributed by atoms with E-state index in [0.717, 1.165) is 16.3 Å². The van der Waals surface area contributed by atoms with Gasteiger partial charge in [0.05, 0.1) is 23.4 Å². The van der Waals surface area contributed by atoms with Gasteiger partial charge in [-0.05, 0) is 40.5 Å². The number of nitrogens with one attached hydrogen (secondary N) is 2. The van der Waals surface area contributed by atoms with Crippen LogP contribution < -0.4 is 16.6 Å². The minimum absolute atomic E-state index is 0.0328. The Labute approximate surface area is 189 Å². The highest BCUT2D eigenvalue weighted by Gasteiger charge is 2.45. The monoisotopic (exact) mass is 472 g/mol. The highest BCUT2D eigenvalue weighted by atomic mass is 32.2. The van der Waals surface area contributed by atoms with E-state index in [1.165, 1.54) is 11.3 Å². The second kappa shape index (κ2) is 9.27. The van der Waals surface area contributed by atoms with Crippen LogP contribution in [0, 0.1) is 0 Å². The quantitative estimate of drug-likeness (QED) is 0.354. The number of amides is 1. The van der Waals surface area contributed by atoms with Crippen molar-refractivity contribution in [3.8, 4) is 0 Å². The van der Waals surface area contributed by atoms with E-state index in [2.05, 4.69) is 10.3 Å². The first-order chi connectivity index (χ1) is 14.8. The normalized spacial score (nSPS) is 28.0. The van der Waals surface area contributed by atoms with Gasteiger partial charge in [0.25, 0.3) is 5.56 Å². The first kappa shape index (κ1) is 24.9. The number of hydrogen-bond donors (Lipinski definition) is 5. The second-order valence-corrected chi connectivity index (χ2v) is 10.7. The lowest BCUT2D eigenvalue weighted by atomic mass is 9.79. The molecule has 0 bridgehead atoms. The Morgan fingerprint density at radius 1 is 1.28 bits per heavy atom. The summed E-state index contributed by atoms with van der Waals surface area (Å²) in [5, 5.41) is 33.9. The number of nitrogens with zero attached hydrogens (tertiary/aromatic N) is 2. The summed E-state index contributed by atoms with van der Waals surface area (Å²) < 4.78 is 6.64. The summed E-state index contributed by atoms with van der Waals surface area (Å²) in [6.07, 6.45) is -0.00887. The van der Waals surface area contributed by atoms with E-state index in [9.17, 15) is 29.8 Å². The standard InChI is InChI=1S/C20H32N4O7S/c1-19(2)6-11(7-20(3,4)24(19)30)21-15(27)10-32-14-8-23(18(29)22-17(14)28)16-5-12(26)13(9-25)31-16/h8,11-13,16,25-26,30H,5-7,9-10H2,1-4H3,(H,21,27)(H,22,28,29)/t12-,13+,16+/m0/s1. The molecule has 2 aliphatic heterocycles. The number of thioether (sulfide) groups is 1. The van der Waals surface area contributed by atoms with E-state index in [0.29, 0.717) is 12.8 Å². The number of aliphatic hydroxyl groups is 2. The van der Waals surface area contributed by atoms with Gasteiger partial charge in [-0.3, -0.25) is 19.1 Å². The number of ether oxygens (including phenoxy) is 1. The molecule has 2 saturated heterocycles. The summed E-state index contributed by atoms with van der Waals surface area (Å²) in [4.78, 5) is 39.3. The molecule has 3 heterocycles. The van der Waals surface area contributed by atoms with Gasteiger partial charge in [0, 0.05) is 29.7 Å². The van der Waals surface area contributed by atoms with Crippen molar-refractivity contribution >= 4 is 17.7 Å². The van der Waals surface area contributed by atoms with Crippen molar-refractivity contribution in [3.63, 3.8) is 0 Å². The van der Waals surface area contributed by atoms with Crippen LogP contribution in [0.25, 0.3) is 0 Å². The first-order valence-electron chi connectivity index (χ1n) is 10.6. The summed E-state index contributed by atoms with van der Waals surface area (Å²) in [7, 11) is 0. The van der Waals surface area contributed by atoms with Crippen LogP contribution in [0.15, 0.2) is 20.7 Å². The van der Waals surface area contributed by atoms with Crippen LogP contribution in [0.3, 0.4) is 0 Å². The smallest absolute Gasteiger partial charge is 0.330 e. The van der Waals surface area contributed by atoms with Gasteiger partial charge in [0.2, 0.25) is 5.91 Å². The van der Waals surface area contributed by atoms with Gasteiger partial charge in [-0.1, -0.05) is 0 Å². The minimum atomic E-state index is -0.926. The third kappa shape index (κ3) is 5.26. The van der Waals surface area contributed by atoms with Gasteiger partial charge in [0.15, 0.2) is 0 Å². The lowest BCUT2D eigenvalue weighted by molar-refractivity contribution is -0.246. The molecule has 0 aromatic carbocycles. The first-order valence-corrected chi connectivity index (χ1v) is 11.5. The van der Waals surface area contributed by atoms with Gasteiger partial charge in [-0.2, -0.15) is 5.06 Å². The molecule has 1 aromatic rings. The van der Waals surface area contributed by atoms with Crippen molar-refractivity contribution in [3.05, 3.63) is 27.0 Å². The van der Waals surface area contributed by atoms with E-state index in [-0.39, 0.29) is 35.6 Å². The molecular formula is C20H32N4O7S. The zero-order valence-electron chi connectivity index (χ0n) is 18.7. The molecule has 3 atom stereocenters. The van der Waals surface area contributed by atoms with Crippen LogP contribution in [-0.4, -0.2) is 77.6 Å². The summed E-state index contributed by atoms with van der Waals surface area (Å²) in [5.41, 5.74) is -2.31. The van der Waals surface area contributed by atoms with Gasteiger partial charge >= 0.3 is 5.69 Å². The average Bonchev–Trinajstić information content (AvgIpc) is 3.05. The Morgan fingerprint density at radius 3 is 2.47 bits per heavy atom. The third-order valence-electron chi connectivity index (χ3n) is 5.99. The number of hydroxylamine groups is 2. The number of carbonyl (C=O) groups is 1. The fraction of sp³-hybridized carbons (Fsp3) is 0.750. The Balaban J connectivity index is 1.65. The zero-order valence-corrected chi connectivity index (χ0v) is 19.5. The molecule has 0 saturated carbocycles. The molecule has 0 aliphatic carbocycles. The maximum absolute atomic E-state index is 12.6. The Morgan fingerprint density at radius 2 is 1.91 bits per heavy atom. The third-order valence-corrected chi connectivity index (χ3v) is 7.00. The van der Waals surface area contributed by atoms with Crippen molar-refractivity contribution in [1.82, 2.24) is 19.9 Å². The maximum atomic E-state index is 12.6. The van der Waals surface area contributed by atoms with Gasteiger partial charge in [0.1, 0.15) is 12.3 Å². The molecule has 2 aliphatic rings. The number of piperidine rings is 1. The Bertz CT molecular complexity index is 942. The molecule has 1 amide bonds. The predicted octanol–water partition coefficient (Wildman–Crippen LogP) is -0.204. The number of carbonyl (C=O) groups excluding carboxylic acids is 1. The van der Waals surface area contributed by atoms with Crippen LogP contribution in [0.2, 0.25) is 0 Å². The molecule has 11 nitrogen and oxygen atoms in total. The van der Waals surface area contributed by atoms with E-state index < -0.39 is 40.8 Å². The van der Waals surface area contributed by atoms with Crippen molar-refractivity contribution in [2.24, 2.45) is 0 Å². The van der Waals surface area contributed by atoms with E-state index >= 15 is 0 Å². The zero-order chi connectivity index (χ0) is 23.8. The Hall–Kier alpha value is -1.70. The maximum Gasteiger partial charge on any atom is 0.330 e. The van der Waals surface area contributed by atoms with Crippen LogP contribution in [-0.2, 0) is 9.53 Å². The van der Waals surface area contributed by atoms with Crippen molar-refractivity contribution in [2.45, 2.75) is 87.4 Å². The molecule has 0 radical (unpaired) electrons. The molecular weight excluding hydrogens is 440 g/mol. The molecule has 0 unspecified atom stereocenters. The lowest BCUT2D eigenvalue weighted by Gasteiger charge is -2.51. The highest BCUT2D eigenvalue weighted by molar-refractivity contribution is 8.00. The number of H-pyrrole nitrogens is 1. The Kier molecular flexibility index (Phi) is 7.23. The van der Waals surface area contributed by atoms with Crippen molar-refractivity contribution < 1.29 is 25.0 Å². The van der Waals surface area contributed by atoms with E-state index in [1.54, 1.807) is 0 Å². The summed E-state index contributed by atoms with van der Waals surface area (Å²) in [5.74, 6) is -0.294. The van der Waals surface area contributed by atoms with Gasteiger partial charge < -0.3 is 25.5 Å². The SMILES string of the molecule is CC1(C)CC(NC(=O)CSc2cn([C@H]3C[C@H](O)[C@@H](CO)O3)c(=O)[nH]c2=O)CC(C)(C)N1O. The molecule has 3 rings (SSSR count). The lowest BCUT2D eigenvalue weighted by Crippen LogP contribution is -2.63. The second-order valence-electron chi connectivity index (χ2n) is 9.67.